The van der Waals surface area contributed by atoms with Gasteiger partial charge in [0.1, 0.15) is 23.3 Å². The molecule has 0 atom stereocenters. The molecule has 4 rings (SSSR count). The first-order chi connectivity index (χ1) is 13.4. The molecule has 5 nitrogen and oxygen atoms in total. The van der Waals surface area contributed by atoms with E-state index in [1.807, 2.05) is 18.2 Å². The molecule has 150 valence electrons. The van der Waals surface area contributed by atoms with Gasteiger partial charge in [0.2, 0.25) is 10.0 Å². The van der Waals surface area contributed by atoms with Crippen LogP contribution in [0.2, 0.25) is 0 Å². The average Bonchev–Trinajstić information content (AvgIpc) is 2.67. The van der Waals surface area contributed by atoms with Crippen LogP contribution in [-0.4, -0.2) is 38.6 Å². The molecule has 28 heavy (non-hydrogen) atoms. The summed E-state index contributed by atoms with van der Waals surface area (Å²) in [4.78, 5) is 1.68. The molecule has 0 aromatic heterocycles. The second kappa shape index (κ2) is 7.70. The number of rotatable bonds is 3. The summed E-state index contributed by atoms with van der Waals surface area (Å²) in [6.45, 7) is 1.54. The molecule has 0 saturated carbocycles. The van der Waals surface area contributed by atoms with Gasteiger partial charge in [0.25, 0.3) is 0 Å². The van der Waals surface area contributed by atoms with Crippen molar-refractivity contribution in [1.29, 1.82) is 0 Å². The molecule has 0 spiro atoms. The fraction of sp³-hybridized carbons (Fsp3) is 0.368. The lowest BCUT2D eigenvalue weighted by atomic mass is 10.0. The van der Waals surface area contributed by atoms with Gasteiger partial charge >= 0.3 is 0 Å². The Morgan fingerprint density at radius 1 is 1.07 bits per heavy atom. The summed E-state index contributed by atoms with van der Waals surface area (Å²) >= 11 is 3.47. The van der Waals surface area contributed by atoms with E-state index in [-0.39, 0.29) is 19.1 Å². The summed E-state index contributed by atoms with van der Waals surface area (Å²) in [7, 11) is -3.99. The van der Waals surface area contributed by atoms with Crippen molar-refractivity contribution in [3.8, 4) is 0 Å². The Morgan fingerprint density at radius 2 is 1.82 bits per heavy atom. The number of ether oxygens (including phenoxy) is 1. The second-order valence-electron chi connectivity index (χ2n) is 6.93. The zero-order chi connectivity index (χ0) is 19.9. The molecule has 2 heterocycles. The number of nitrogens with zero attached hydrogens (tertiary/aromatic N) is 2. The van der Waals surface area contributed by atoms with E-state index >= 15 is 0 Å². The van der Waals surface area contributed by atoms with Crippen LogP contribution in [0.25, 0.3) is 0 Å². The quantitative estimate of drug-likeness (QED) is 0.680. The van der Waals surface area contributed by atoms with Crippen LogP contribution in [0, 0.1) is 11.6 Å². The summed E-state index contributed by atoms with van der Waals surface area (Å²) < 4.78 is 60.6. The van der Waals surface area contributed by atoms with Gasteiger partial charge in [-0.3, -0.25) is 0 Å². The molecular formula is C19H19BrF2N2O3S. The number of fused-ring (bicyclic) bond motifs is 1. The van der Waals surface area contributed by atoms with E-state index in [2.05, 4.69) is 20.8 Å². The lowest BCUT2D eigenvalue weighted by molar-refractivity contribution is 0.0987. The van der Waals surface area contributed by atoms with Crippen molar-refractivity contribution in [3.05, 3.63) is 58.1 Å². The minimum absolute atomic E-state index is 0.129. The van der Waals surface area contributed by atoms with Gasteiger partial charge in [-0.05, 0) is 43.2 Å². The highest BCUT2D eigenvalue weighted by Gasteiger charge is 2.34. The van der Waals surface area contributed by atoms with Gasteiger partial charge in [0.05, 0.1) is 6.61 Å². The first-order valence-electron chi connectivity index (χ1n) is 8.94. The van der Waals surface area contributed by atoms with Gasteiger partial charge in [0.15, 0.2) is 0 Å². The zero-order valence-corrected chi connectivity index (χ0v) is 17.3. The van der Waals surface area contributed by atoms with Crippen LogP contribution in [0.5, 0.6) is 0 Å². The van der Waals surface area contributed by atoms with Gasteiger partial charge in [-0.2, -0.15) is 4.31 Å². The van der Waals surface area contributed by atoms with E-state index in [0.29, 0.717) is 32.2 Å². The van der Waals surface area contributed by atoms with Crippen LogP contribution >= 0.6 is 15.9 Å². The lowest BCUT2D eigenvalue weighted by Crippen LogP contribution is -2.48. The summed E-state index contributed by atoms with van der Waals surface area (Å²) in [6.07, 6.45) is 1.20. The van der Waals surface area contributed by atoms with Gasteiger partial charge < -0.3 is 9.64 Å². The van der Waals surface area contributed by atoms with E-state index in [4.69, 9.17) is 4.74 Å². The third kappa shape index (κ3) is 3.68. The van der Waals surface area contributed by atoms with E-state index in [0.717, 1.165) is 27.9 Å². The van der Waals surface area contributed by atoms with Gasteiger partial charge in [-0.25, -0.2) is 17.2 Å². The summed E-state index contributed by atoms with van der Waals surface area (Å²) in [5, 5.41) is 0. The molecule has 0 bridgehead atoms. The van der Waals surface area contributed by atoms with E-state index in [1.165, 1.54) is 4.31 Å². The van der Waals surface area contributed by atoms with Crippen molar-refractivity contribution in [3.63, 3.8) is 0 Å². The van der Waals surface area contributed by atoms with E-state index in [1.54, 1.807) is 0 Å². The first-order valence-corrected chi connectivity index (χ1v) is 11.2. The van der Waals surface area contributed by atoms with Crippen molar-refractivity contribution in [2.75, 3.05) is 24.7 Å². The smallest absolute Gasteiger partial charge is 0.245 e. The van der Waals surface area contributed by atoms with Crippen LogP contribution in [0.4, 0.5) is 14.5 Å². The Bertz CT molecular complexity index is 995. The molecule has 1 saturated heterocycles. The van der Waals surface area contributed by atoms with Crippen molar-refractivity contribution < 1.29 is 21.9 Å². The van der Waals surface area contributed by atoms with Gasteiger partial charge in [0, 0.05) is 40.9 Å². The Hall–Kier alpha value is -1.55. The molecule has 1 fully saturated rings. The maximum absolute atomic E-state index is 14.0. The molecular weight excluding hydrogens is 454 g/mol. The fourth-order valence-electron chi connectivity index (χ4n) is 3.79. The van der Waals surface area contributed by atoms with Crippen LogP contribution in [0.1, 0.15) is 18.4 Å². The normalized spacial score (nSPS) is 18.9. The van der Waals surface area contributed by atoms with Crippen molar-refractivity contribution in [2.45, 2.75) is 30.4 Å². The van der Waals surface area contributed by atoms with E-state index in [9.17, 15) is 17.2 Å². The SMILES string of the molecule is O=S(=O)(c1ccc(F)cc1F)N1CCC(N2COCc3cc(Br)ccc32)CC1. The third-order valence-electron chi connectivity index (χ3n) is 5.21. The highest BCUT2D eigenvalue weighted by molar-refractivity contribution is 9.10. The van der Waals surface area contributed by atoms with Crippen LogP contribution in [-0.2, 0) is 21.4 Å². The van der Waals surface area contributed by atoms with Gasteiger partial charge in [-0.1, -0.05) is 15.9 Å². The number of piperidine rings is 1. The Morgan fingerprint density at radius 3 is 2.54 bits per heavy atom. The Balaban J connectivity index is 1.50. The van der Waals surface area contributed by atoms with E-state index < -0.39 is 26.6 Å². The molecule has 0 unspecified atom stereocenters. The predicted octanol–water partition coefficient (Wildman–Crippen LogP) is 3.87. The first kappa shape index (κ1) is 19.8. The molecule has 0 aliphatic carbocycles. The molecule has 0 radical (unpaired) electrons. The maximum atomic E-state index is 14.0. The highest BCUT2D eigenvalue weighted by Crippen LogP contribution is 2.33. The highest BCUT2D eigenvalue weighted by atomic mass is 79.9. The number of anilines is 1. The number of hydrogen-bond acceptors (Lipinski definition) is 4. The number of hydrogen-bond donors (Lipinski definition) is 0. The number of sulfonamides is 1. The van der Waals surface area contributed by atoms with Crippen LogP contribution < -0.4 is 4.90 Å². The minimum atomic E-state index is -3.99. The number of halogens is 3. The molecule has 9 heteroatoms. The summed E-state index contributed by atoms with van der Waals surface area (Å²) in [5.41, 5.74) is 2.18. The second-order valence-corrected chi connectivity index (χ2v) is 9.75. The van der Waals surface area contributed by atoms with Gasteiger partial charge in [-0.15, -0.1) is 0 Å². The lowest BCUT2D eigenvalue weighted by Gasteiger charge is -2.41. The predicted molar refractivity (Wildman–Crippen MR) is 104 cm³/mol. The standard InChI is InChI=1S/C19H19BrF2N2O3S/c20-14-1-3-18-13(9-14)11-27-12-24(18)16-5-7-23(8-6-16)28(25,26)19-4-2-15(21)10-17(19)22/h1-4,9-10,16H,5-8,11-12H2. The average molecular weight is 473 g/mol. The maximum Gasteiger partial charge on any atom is 0.245 e. The molecule has 2 aliphatic rings. The molecule has 2 aliphatic heterocycles. The minimum Gasteiger partial charge on any atom is -0.356 e. The molecule has 2 aromatic carbocycles. The van der Waals surface area contributed by atoms with Crippen molar-refractivity contribution >= 4 is 31.6 Å². The van der Waals surface area contributed by atoms with Crippen LogP contribution in [0.3, 0.4) is 0 Å². The molecule has 2 aromatic rings. The summed E-state index contributed by atoms with van der Waals surface area (Å²) in [5.74, 6) is -1.86. The fourth-order valence-corrected chi connectivity index (χ4v) is 5.72. The Labute approximate surface area is 171 Å². The topological polar surface area (TPSA) is 49.9 Å². The van der Waals surface area contributed by atoms with Crippen molar-refractivity contribution in [2.24, 2.45) is 0 Å². The molecule has 0 amide bonds. The number of benzene rings is 2. The largest absolute Gasteiger partial charge is 0.356 e. The monoisotopic (exact) mass is 472 g/mol. The zero-order valence-electron chi connectivity index (χ0n) is 14.9. The van der Waals surface area contributed by atoms with Crippen molar-refractivity contribution in [1.82, 2.24) is 4.31 Å². The summed E-state index contributed by atoms with van der Waals surface area (Å²) in [6, 6.07) is 8.72. The Kier molecular flexibility index (Phi) is 5.43. The third-order valence-corrected chi connectivity index (χ3v) is 7.64. The molecule has 0 N–H and O–H groups in total. The van der Waals surface area contributed by atoms with Crippen LogP contribution in [0.15, 0.2) is 45.8 Å².